The van der Waals surface area contributed by atoms with Gasteiger partial charge in [0.05, 0.1) is 17.4 Å². The van der Waals surface area contributed by atoms with Crippen molar-refractivity contribution in [1.29, 1.82) is 0 Å². The summed E-state index contributed by atoms with van der Waals surface area (Å²) in [5.74, 6) is 0. The molecule has 100 valence electrons. The van der Waals surface area contributed by atoms with Crippen LogP contribution in [0.5, 0.6) is 0 Å². The summed E-state index contributed by atoms with van der Waals surface area (Å²) >= 11 is 0. The van der Waals surface area contributed by atoms with Crippen LogP contribution in [-0.4, -0.2) is 40.3 Å². The Bertz CT molecular complexity index is 807. The molecule has 0 saturated heterocycles. The standard InChI is InChI=1S/C15H15N5/c1-19-9-17-20(2)15(19)13-7-11-10-5-3-4-6-12(10)18-14(11)8-16-13/h3-9,15,18H,1-2H3. The SMILES string of the molecule is CN1C=NN(C)C1c1cc2c(cn1)[nH]c1ccccc12. The van der Waals surface area contributed by atoms with Crippen LogP contribution in [0.3, 0.4) is 0 Å². The number of hydrogen-bond donors (Lipinski definition) is 1. The number of pyridine rings is 1. The van der Waals surface area contributed by atoms with Crippen LogP contribution in [0.25, 0.3) is 21.8 Å². The van der Waals surface area contributed by atoms with Gasteiger partial charge in [-0.05, 0) is 12.1 Å². The number of aromatic nitrogens is 2. The minimum Gasteiger partial charge on any atom is -0.353 e. The van der Waals surface area contributed by atoms with Crippen LogP contribution in [-0.2, 0) is 0 Å². The van der Waals surface area contributed by atoms with Crippen molar-refractivity contribution in [3.8, 4) is 0 Å². The first-order valence-electron chi connectivity index (χ1n) is 6.59. The molecule has 1 aliphatic heterocycles. The number of H-pyrrole nitrogens is 1. The van der Waals surface area contributed by atoms with Gasteiger partial charge >= 0.3 is 0 Å². The van der Waals surface area contributed by atoms with Crippen molar-refractivity contribution in [1.82, 2.24) is 19.9 Å². The molecule has 1 unspecified atom stereocenters. The van der Waals surface area contributed by atoms with Gasteiger partial charge in [-0.3, -0.25) is 9.99 Å². The third-order valence-electron chi connectivity index (χ3n) is 3.83. The molecule has 0 radical (unpaired) electrons. The monoisotopic (exact) mass is 265 g/mol. The van der Waals surface area contributed by atoms with E-state index in [1.54, 1.807) is 0 Å². The van der Waals surface area contributed by atoms with E-state index >= 15 is 0 Å². The fourth-order valence-corrected chi connectivity index (χ4v) is 2.86. The highest BCUT2D eigenvalue weighted by atomic mass is 15.6. The number of hydrazone groups is 1. The summed E-state index contributed by atoms with van der Waals surface area (Å²) in [6, 6.07) is 10.5. The predicted molar refractivity (Wildman–Crippen MR) is 80.4 cm³/mol. The lowest BCUT2D eigenvalue weighted by atomic mass is 10.1. The van der Waals surface area contributed by atoms with Crippen molar-refractivity contribution in [2.45, 2.75) is 6.17 Å². The van der Waals surface area contributed by atoms with Crippen LogP contribution in [0.4, 0.5) is 0 Å². The largest absolute Gasteiger partial charge is 0.353 e. The molecule has 3 heterocycles. The van der Waals surface area contributed by atoms with Gasteiger partial charge < -0.3 is 9.88 Å². The van der Waals surface area contributed by atoms with Gasteiger partial charge in [-0.15, -0.1) is 0 Å². The number of nitrogens with one attached hydrogen (secondary N) is 1. The van der Waals surface area contributed by atoms with E-state index in [4.69, 9.17) is 0 Å². The molecule has 1 atom stereocenters. The molecule has 2 aromatic heterocycles. The fourth-order valence-electron chi connectivity index (χ4n) is 2.86. The molecular formula is C15H15N5. The molecule has 1 aromatic carbocycles. The van der Waals surface area contributed by atoms with Crippen molar-refractivity contribution in [3.05, 3.63) is 42.2 Å². The summed E-state index contributed by atoms with van der Waals surface area (Å²) in [5.41, 5.74) is 3.22. The van der Waals surface area contributed by atoms with Gasteiger partial charge in [-0.1, -0.05) is 18.2 Å². The quantitative estimate of drug-likeness (QED) is 0.735. The average molecular weight is 265 g/mol. The van der Waals surface area contributed by atoms with Gasteiger partial charge in [0.25, 0.3) is 0 Å². The number of fused-ring (bicyclic) bond motifs is 3. The van der Waals surface area contributed by atoms with E-state index < -0.39 is 0 Å². The molecule has 3 aromatic rings. The highest BCUT2D eigenvalue weighted by molar-refractivity contribution is 6.06. The second kappa shape index (κ2) is 3.96. The van der Waals surface area contributed by atoms with E-state index in [9.17, 15) is 0 Å². The topological polar surface area (TPSA) is 47.5 Å². The third-order valence-corrected chi connectivity index (χ3v) is 3.83. The molecule has 0 aliphatic carbocycles. The van der Waals surface area contributed by atoms with Crippen LogP contribution in [0.2, 0.25) is 0 Å². The summed E-state index contributed by atoms with van der Waals surface area (Å²) in [6.45, 7) is 0. The molecule has 0 fully saturated rings. The molecule has 1 N–H and O–H groups in total. The van der Waals surface area contributed by atoms with Crippen LogP contribution in [0.15, 0.2) is 41.6 Å². The van der Waals surface area contributed by atoms with Gasteiger partial charge in [0.2, 0.25) is 0 Å². The Morgan fingerprint density at radius 2 is 1.95 bits per heavy atom. The molecule has 20 heavy (non-hydrogen) atoms. The van der Waals surface area contributed by atoms with Gasteiger partial charge in [0.1, 0.15) is 6.34 Å². The van der Waals surface area contributed by atoms with Crippen molar-refractivity contribution < 1.29 is 0 Å². The Morgan fingerprint density at radius 3 is 2.75 bits per heavy atom. The second-order valence-electron chi connectivity index (χ2n) is 5.17. The maximum atomic E-state index is 4.59. The highest BCUT2D eigenvalue weighted by Gasteiger charge is 2.25. The Kier molecular flexibility index (Phi) is 2.24. The van der Waals surface area contributed by atoms with Crippen LogP contribution in [0, 0.1) is 0 Å². The molecule has 5 heteroatoms. The minimum atomic E-state index is 0.0630. The molecule has 4 rings (SSSR count). The van der Waals surface area contributed by atoms with E-state index in [-0.39, 0.29) is 6.17 Å². The molecule has 5 nitrogen and oxygen atoms in total. The smallest absolute Gasteiger partial charge is 0.161 e. The minimum absolute atomic E-state index is 0.0630. The first kappa shape index (κ1) is 11.3. The fraction of sp³-hybridized carbons (Fsp3) is 0.200. The van der Waals surface area contributed by atoms with Crippen molar-refractivity contribution in [2.75, 3.05) is 14.1 Å². The summed E-state index contributed by atoms with van der Waals surface area (Å²) in [6.07, 6.45) is 3.80. The molecule has 0 spiro atoms. The zero-order chi connectivity index (χ0) is 13.7. The van der Waals surface area contributed by atoms with E-state index in [0.29, 0.717) is 0 Å². The van der Waals surface area contributed by atoms with Gasteiger partial charge in [0, 0.05) is 30.4 Å². The lowest BCUT2D eigenvalue weighted by Crippen LogP contribution is -2.27. The van der Waals surface area contributed by atoms with Crippen LogP contribution < -0.4 is 0 Å². The number of para-hydroxylation sites is 1. The summed E-state index contributed by atoms with van der Waals surface area (Å²) in [7, 11) is 3.98. The Labute approximate surface area is 116 Å². The first-order chi connectivity index (χ1) is 9.74. The third kappa shape index (κ3) is 1.49. The first-order valence-corrected chi connectivity index (χ1v) is 6.59. The molecule has 0 bridgehead atoms. The van der Waals surface area contributed by atoms with Crippen molar-refractivity contribution in [2.24, 2.45) is 5.10 Å². The van der Waals surface area contributed by atoms with E-state index in [1.807, 2.05) is 37.7 Å². The number of hydrogen-bond acceptors (Lipinski definition) is 4. The second-order valence-corrected chi connectivity index (χ2v) is 5.17. The molecule has 0 saturated carbocycles. The van der Waals surface area contributed by atoms with Crippen molar-refractivity contribution in [3.63, 3.8) is 0 Å². The number of nitrogens with zero attached hydrogens (tertiary/aromatic N) is 4. The zero-order valence-corrected chi connectivity index (χ0v) is 11.4. The lowest BCUT2D eigenvalue weighted by Gasteiger charge is -2.24. The van der Waals surface area contributed by atoms with Crippen LogP contribution in [0.1, 0.15) is 11.9 Å². The highest BCUT2D eigenvalue weighted by Crippen LogP contribution is 2.30. The maximum absolute atomic E-state index is 4.59. The van der Waals surface area contributed by atoms with Gasteiger partial charge in [-0.2, -0.15) is 5.10 Å². The van der Waals surface area contributed by atoms with E-state index in [0.717, 1.165) is 16.7 Å². The van der Waals surface area contributed by atoms with Crippen LogP contribution >= 0.6 is 0 Å². The summed E-state index contributed by atoms with van der Waals surface area (Å²) in [5, 5.41) is 8.65. The lowest BCUT2D eigenvalue weighted by molar-refractivity contribution is 0.179. The molecule has 1 aliphatic rings. The molecule has 0 amide bonds. The van der Waals surface area contributed by atoms with Gasteiger partial charge in [0.15, 0.2) is 6.17 Å². The maximum Gasteiger partial charge on any atom is 0.161 e. The predicted octanol–water partition coefficient (Wildman–Crippen LogP) is 2.54. The number of rotatable bonds is 1. The normalized spacial score (nSPS) is 18.6. The number of benzene rings is 1. The van der Waals surface area contributed by atoms with Crippen molar-refractivity contribution >= 4 is 28.1 Å². The van der Waals surface area contributed by atoms with E-state index in [2.05, 4.69) is 44.2 Å². The average Bonchev–Trinajstić information content (AvgIpc) is 2.99. The Morgan fingerprint density at radius 1 is 1.10 bits per heavy atom. The van der Waals surface area contributed by atoms with E-state index in [1.165, 1.54) is 10.8 Å². The zero-order valence-electron chi connectivity index (χ0n) is 11.4. The Hall–Kier alpha value is -2.56. The summed E-state index contributed by atoms with van der Waals surface area (Å²) < 4.78 is 0. The molecular weight excluding hydrogens is 250 g/mol. The summed E-state index contributed by atoms with van der Waals surface area (Å²) in [4.78, 5) is 10.0. The number of aromatic amines is 1. The Balaban J connectivity index is 1.92. The van der Waals surface area contributed by atoms with Gasteiger partial charge in [-0.25, -0.2) is 0 Å².